The maximum Gasteiger partial charge on any atom is 0.224 e. The van der Waals surface area contributed by atoms with Crippen LogP contribution >= 0.6 is 0 Å². The number of nitrogens with zero attached hydrogens (tertiary/aromatic N) is 2. The highest BCUT2D eigenvalue weighted by Gasteiger charge is 2.20. The van der Waals surface area contributed by atoms with E-state index in [1.54, 1.807) is 0 Å². The summed E-state index contributed by atoms with van der Waals surface area (Å²) >= 11 is 0. The van der Waals surface area contributed by atoms with Crippen molar-refractivity contribution in [3.05, 3.63) is 30.3 Å². The van der Waals surface area contributed by atoms with Crippen LogP contribution in [0.1, 0.15) is 19.3 Å². The topological polar surface area (TPSA) is 47.6 Å². The van der Waals surface area contributed by atoms with Crippen LogP contribution in [-0.4, -0.2) is 63.2 Å². The van der Waals surface area contributed by atoms with Crippen LogP contribution in [0.5, 0.6) is 0 Å². The summed E-state index contributed by atoms with van der Waals surface area (Å²) in [5.41, 5.74) is 1.32. The Balaban J connectivity index is 1.29. The molecule has 132 valence electrons. The molecule has 2 N–H and O–H groups in total. The van der Waals surface area contributed by atoms with Gasteiger partial charge in [-0.3, -0.25) is 9.69 Å². The third-order valence-electron chi connectivity index (χ3n) is 5.11. The largest absolute Gasteiger partial charge is 0.369 e. The molecule has 1 amide bonds. The van der Waals surface area contributed by atoms with Crippen LogP contribution in [0.25, 0.3) is 0 Å². The van der Waals surface area contributed by atoms with Crippen molar-refractivity contribution in [1.82, 2.24) is 15.5 Å². The molecule has 3 rings (SSSR count). The highest BCUT2D eigenvalue weighted by atomic mass is 16.1. The van der Waals surface area contributed by atoms with Gasteiger partial charge in [0, 0.05) is 45.0 Å². The summed E-state index contributed by atoms with van der Waals surface area (Å²) in [5.74, 6) is 0.407. The van der Waals surface area contributed by atoms with Crippen molar-refractivity contribution in [2.45, 2.75) is 19.3 Å². The molecule has 2 heterocycles. The van der Waals surface area contributed by atoms with Crippen molar-refractivity contribution in [3.63, 3.8) is 0 Å². The van der Waals surface area contributed by atoms with Gasteiger partial charge < -0.3 is 15.5 Å². The van der Waals surface area contributed by atoms with Gasteiger partial charge in [0.1, 0.15) is 0 Å². The van der Waals surface area contributed by atoms with E-state index in [9.17, 15) is 4.79 Å². The molecule has 1 atom stereocenters. The second kappa shape index (κ2) is 9.04. The van der Waals surface area contributed by atoms with Crippen LogP contribution in [0, 0.1) is 5.92 Å². The fourth-order valence-corrected chi connectivity index (χ4v) is 3.60. The maximum atomic E-state index is 12.1. The molecule has 5 nitrogen and oxygen atoms in total. The van der Waals surface area contributed by atoms with E-state index in [0.717, 1.165) is 71.6 Å². The van der Waals surface area contributed by atoms with Gasteiger partial charge in [0.15, 0.2) is 0 Å². The lowest BCUT2D eigenvalue weighted by molar-refractivity contribution is -0.125. The van der Waals surface area contributed by atoms with Gasteiger partial charge in [0.2, 0.25) is 5.91 Å². The second-order valence-electron chi connectivity index (χ2n) is 6.85. The van der Waals surface area contributed by atoms with Gasteiger partial charge >= 0.3 is 0 Å². The quantitative estimate of drug-likeness (QED) is 0.772. The predicted molar refractivity (Wildman–Crippen MR) is 98.3 cm³/mol. The molecular formula is C19H30N4O. The fraction of sp³-hybridized carbons (Fsp3) is 0.632. The summed E-state index contributed by atoms with van der Waals surface area (Å²) in [4.78, 5) is 17.0. The molecule has 2 aliphatic heterocycles. The molecule has 0 radical (unpaired) electrons. The molecule has 1 aromatic carbocycles. The van der Waals surface area contributed by atoms with Crippen molar-refractivity contribution in [2.75, 3.05) is 57.3 Å². The van der Waals surface area contributed by atoms with Gasteiger partial charge in [0.05, 0.1) is 5.92 Å². The van der Waals surface area contributed by atoms with Crippen LogP contribution in [-0.2, 0) is 4.79 Å². The number of carbonyl (C=O) groups excluding carboxylic acids is 1. The number of nitrogens with one attached hydrogen (secondary N) is 2. The Morgan fingerprint density at radius 2 is 1.96 bits per heavy atom. The molecule has 24 heavy (non-hydrogen) atoms. The smallest absolute Gasteiger partial charge is 0.224 e. The average Bonchev–Trinajstić information content (AvgIpc) is 2.67. The molecule has 0 saturated carbocycles. The van der Waals surface area contributed by atoms with E-state index in [1.807, 2.05) is 0 Å². The first kappa shape index (κ1) is 17.2. The first-order chi connectivity index (χ1) is 11.8. The lowest BCUT2D eigenvalue weighted by atomic mass is 9.99. The number of rotatable bonds is 6. The molecule has 1 aromatic rings. The first-order valence-corrected chi connectivity index (χ1v) is 9.34. The van der Waals surface area contributed by atoms with Crippen LogP contribution in [0.2, 0.25) is 0 Å². The van der Waals surface area contributed by atoms with Crippen molar-refractivity contribution < 1.29 is 4.79 Å². The predicted octanol–water partition coefficient (Wildman–Crippen LogP) is 1.31. The van der Waals surface area contributed by atoms with Gasteiger partial charge in [-0.2, -0.15) is 0 Å². The van der Waals surface area contributed by atoms with E-state index < -0.39 is 0 Å². The van der Waals surface area contributed by atoms with Gasteiger partial charge in [-0.25, -0.2) is 0 Å². The number of piperidine rings is 1. The number of carbonyl (C=O) groups is 1. The minimum Gasteiger partial charge on any atom is -0.369 e. The number of para-hydroxylation sites is 1. The van der Waals surface area contributed by atoms with Crippen LogP contribution in [0.3, 0.4) is 0 Å². The van der Waals surface area contributed by atoms with E-state index in [1.165, 1.54) is 5.69 Å². The van der Waals surface area contributed by atoms with E-state index in [0.29, 0.717) is 0 Å². The summed E-state index contributed by atoms with van der Waals surface area (Å²) in [5, 5.41) is 6.41. The van der Waals surface area contributed by atoms with E-state index in [2.05, 4.69) is 50.8 Å². The number of amides is 1. The summed E-state index contributed by atoms with van der Waals surface area (Å²) < 4.78 is 0. The Morgan fingerprint density at radius 3 is 2.67 bits per heavy atom. The zero-order chi connectivity index (χ0) is 16.6. The van der Waals surface area contributed by atoms with Crippen LogP contribution < -0.4 is 15.5 Å². The number of piperazine rings is 1. The summed E-state index contributed by atoms with van der Waals surface area (Å²) in [6.07, 6.45) is 3.18. The van der Waals surface area contributed by atoms with Crippen LogP contribution in [0.15, 0.2) is 30.3 Å². The Hall–Kier alpha value is -1.59. The lowest BCUT2D eigenvalue weighted by Crippen LogP contribution is -2.47. The molecule has 0 aliphatic carbocycles. The third-order valence-corrected chi connectivity index (χ3v) is 5.11. The first-order valence-electron chi connectivity index (χ1n) is 9.34. The second-order valence-corrected chi connectivity index (χ2v) is 6.85. The standard InChI is InChI=1S/C19H30N4O/c24-19(17-6-4-9-20-16-17)21-10-5-11-22-12-14-23(15-13-22)18-7-2-1-3-8-18/h1-3,7-8,17,20H,4-6,9-16H2,(H,21,24). The molecular weight excluding hydrogens is 300 g/mol. The monoisotopic (exact) mass is 330 g/mol. The normalized spacial score (nSPS) is 22.3. The van der Waals surface area contributed by atoms with Gasteiger partial charge in [0.25, 0.3) is 0 Å². The van der Waals surface area contributed by atoms with E-state index >= 15 is 0 Å². The van der Waals surface area contributed by atoms with Gasteiger partial charge in [-0.1, -0.05) is 18.2 Å². The molecule has 1 unspecified atom stereocenters. The molecule has 2 aliphatic rings. The zero-order valence-electron chi connectivity index (χ0n) is 14.5. The molecule has 0 aromatic heterocycles. The minimum atomic E-state index is 0.174. The SMILES string of the molecule is O=C(NCCCN1CCN(c2ccccc2)CC1)C1CCCNC1. The molecule has 0 spiro atoms. The molecule has 2 saturated heterocycles. The molecule has 5 heteroatoms. The number of benzene rings is 1. The van der Waals surface area contributed by atoms with Gasteiger partial charge in [-0.05, 0) is 44.5 Å². The fourth-order valence-electron chi connectivity index (χ4n) is 3.60. The van der Waals surface area contributed by atoms with Crippen molar-refractivity contribution in [1.29, 1.82) is 0 Å². The highest BCUT2D eigenvalue weighted by Crippen LogP contribution is 2.15. The maximum absolute atomic E-state index is 12.1. The Kier molecular flexibility index (Phi) is 6.49. The Bertz CT molecular complexity index is 493. The van der Waals surface area contributed by atoms with E-state index in [4.69, 9.17) is 0 Å². The zero-order valence-corrected chi connectivity index (χ0v) is 14.5. The van der Waals surface area contributed by atoms with Crippen molar-refractivity contribution >= 4 is 11.6 Å². The van der Waals surface area contributed by atoms with E-state index in [-0.39, 0.29) is 11.8 Å². The average molecular weight is 330 g/mol. The Morgan fingerprint density at radius 1 is 1.17 bits per heavy atom. The summed E-state index contributed by atoms with van der Waals surface area (Å²) in [7, 11) is 0. The number of anilines is 1. The third kappa shape index (κ3) is 4.95. The van der Waals surface area contributed by atoms with Gasteiger partial charge in [-0.15, -0.1) is 0 Å². The lowest BCUT2D eigenvalue weighted by Gasteiger charge is -2.36. The van der Waals surface area contributed by atoms with Crippen molar-refractivity contribution in [2.24, 2.45) is 5.92 Å². The molecule has 0 bridgehead atoms. The minimum absolute atomic E-state index is 0.174. The Labute approximate surface area is 145 Å². The highest BCUT2D eigenvalue weighted by molar-refractivity contribution is 5.78. The van der Waals surface area contributed by atoms with Crippen LogP contribution in [0.4, 0.5) is 5.69 Å². The van der Waals surface area contributed by atoms with Crippen molar-refractivity contribution in [3.8, 4) is 0 Å². The number of hydrogen-bond acceptors (Lipinski definition) is 4. The molecule has 2 fully saturated rings. The summed E-state index contributed by atoms with van der Waals surface area (Å²) in [6.45, 7) is 8.16. The number of hydrogen-bond donors (Lipinski definition) is 2. The summed E-state index contributed by atoms with van der Waals surface area (Å²) in [6, 6.07) is 10.6.